The minimum absolute atomic E-state index is 0.0310. The van der Waals surface area contributed by atoms with E-state index in [-0.39, 0.29) is 29.0 Å². The largest absolute Gasteiger partial charge is 0.312 e. The summed E-state index contributed by atoms with van der Waals surface area (Å²) in [6.45, 7) is 2.80. The van der Waals surface area contributed by atoms with Gasteiger partial charge in [-0.05, 0) is 79.0 Å². The number of rotatable bonds is 8. The van der Waals surface area contributed by atoms with E-state index >= 15 is 0 Å². The minimum Gasteiger partial charge on any atom is -0.312 e. The van der Waals surface area contributed by atoms with Gasteiger partial charge in [-0.15, -0.1) is 0 Å². The Kier molecular flexibility index (Phi) is 7.43. The van der Waals surface area contributed by atoms with Crippen LogP contribution in [0.25, 0.3) is 0 Å². The Morgan fingerprint density at radius 3 is 2.49 bits per heavy atom. The molecule has 3 aromatic rings. The molecule has 4 unspecified atom stereocenters. The van der Waals surface area contributed by atoms with Crippen LogP contribution in [-0.2, 0) is 6.54 Å². The summed E-state index contributed by atoms with van der Waals surface area (Å²) in [4.78, 5) is 4.78. The van der Waals surface area contributed by atoms with Crippen LogP contribution in [0, 0.1) is 34.3 Å². The molecule has 5 heteroatoms. The first-order valence-corrected chi connectivity index (χ1v) is 13.0. The van der Waals surface area contributed by atoms with E-state index in [4.69, 9.17) is 10.4 Å². The average Bonchev–Trinajstić information content (AvgIpc) is 3.23. The highest BCUT2D eigenvalue weighted by Crippen LogP contribution is 2.56. The molecule has 0 bridgehead atoms. The first kappa shape index (κ1) is 25.2. The first-order chi connectivity index (χ1) is 18.0. The van der Waals surface area contributed by atoms with Crippen molar-refractivity contribution in [1.82, 2.24) is 5.32 Å². The summed E-state index contributed by atoms with van der Waals surface area (Å²) in [7, 11) is 0. The van der Waals surface area contributed by atoms with Crippen molar-refractivity contribution in [2.45, 2.75) is 45.2 Å². The van der Waals surface area contributed by atoms with Crippen LogP contribution in [-0.4, -0.2) is 11.9 Å². The Labute approximate surface area is 217 Å². The third-order valence-corrected chi connectivity index (χ3v) is 8.25. The normalized spacial score (nSPS) is 24.9. The van der Waals surface area contributed by atoms with Crippen LogP contribution in [0.1, 0.15) is 49.8 Å². The molecule has 190 valence electrons. The smallest absolute Gasteiger partial charge is 0.127 e. The van der Waals surface area contributed by atoms with Gasteiger partial charge in [0.1, 0.15) is 11.6 Å². The van der Waals surface area contributed by atoms with Crippen LogP contribution in [0.4, 0.5) is 14.5 Å². The second-order valence-electron chi connectivity index (χ2n) is 10.5. The molecule has 4 atom stereocenters. The third-order valence-electron chi connectivity index (χ3n) is 8.25. The molecule has 2 aliphatic carbocycles. The number of halogens is 2. The van der Waals surface area contributed by atoms with Gasteiger partial charge in [-0.3, -0.25) is 4.99 Å². The van der Waals surface area contributed by atoms with Crippen molar-refractivity contribution in [2.24, 2.45) is 22.2 Å². The fourth-order valence-electron chi connectivity index (χ4n) is 6.06. The fourth-order valence-corrected chi connectivity index (χ4v) is 6.06. The van der Waals surface area contributed by atoms with Gasteiger partial charge in [-0.2, -0.15) is 0 Å². The molecule has 37 heavy (non-hydrogen) atoms. The summed E-state index contributed by atoms with van der Waals surface area (Å²) in [5.74, 6) is -0.126. The fraction of sp³-hybridized carbons (Fsp3) is 0.312. The second kappa shape index (κ2) is 10.9. The van der Waals surface area contributed by atoms with Gasteiger partial charge in [-0.1, -0.05) is 61.0 Å². The summed E-state index contributed by atoms with van der Waals surface area (Å²) in [6, 6.07) is 23.6. The maximum absolute atomic E-state index is 14.3. The topological polar surface area (TPSA) is 48.2 Å². The lowest BCUT2D eigenvalue weighted by Gasteiger charge is -2.40. The summed E-state index contributed by atoms with van der Waals surface area (Å²) in [6.07, 6.45) is 7.53. The SMILES string of the molecule is CC12CC(C=N)C(=Nc3ccc(F)cc3)C=C1CCC2CC(NCc1ccccc1F)c1ccccc1. The summed E-state index contributed by atoms with van der Waals surface area (Å²) >= 11 is 0. The van der Waals surface area contributed by atoms with Crippen LogP contribution in [0.5, 0.6) is 0 Å². The number of hydrogen-bond acceptors (Lipinski definition) is 3. The van der Waals surface area contributed by atoms with E-state index in [2.05, 4.69) is 42.6 Å². The van der Waals surface area contributed by atoms with Gasteiger partial charge >= 0.3 is 0 Å². The molecule has 1 fully saturated rings. The molecule has 1 saturated carbocycles. The van der Waals surface area contributed by atoms with Gasteiger partial charge in [0.25, 0.3) is 0 Å². The van der Waals surface area contributed by atoms with Crippen LogP contribution in [0.3, 0.4) is 0 Å². The van der Waals surface area contributed by atoms with Crippen molar-refractivity contribution >= 4 is 17.6 Å². The number of benzene rings is 3. The molecule has 0 amide bonds. The van der Waals surface area contributed by atoms with Gasteiger partial charge in [0.15, 0.2) is 0 Å². The Bertz CT molecular complexity index is 1300. The number of aliphatic imine (C=N–C) groups is 1. The number of allylic oxidation sites excluding steroid dienone is 2. The standard InChI is InChI=1S/C32H33F2N3/c1-32-19-24(20-35)31(37-28-15-13-27(33)14-16-28)18-26(32)12-11-25(32)17-30(22-7-3-2-4-8-22)36-21-23-9-5-6-10-29(23)34/h2-10,13-16,18,20,24-25,30,35-36H,11-12,17,19,21H2,1H3. The molecule has 0 aliphatic heterocycles. The Morgan fingerprint density at radius 2 is 1.76 bits per heavy atom. The van der Waals surface area contributed by atoms with Gasteiger partial charge in [0, 0.05) is 36.0 Å². The lowest BCUT2D eigenvalue weighted by molar-refractivity contribution is 0.210. The molecule has 3 nitrogen and oxygen atoms in total. The van der Waals surface area contributed by atoms with Gasteiger partial charge in [0.2, 0.25) is 0 Å². The zero-order chi connectivity index (χ0) is 25.8. The molecule has 3 aromatic carbocycles. The van der Waals surface area contributed by atoms with Gasteiger partial charge < -0.3 is 10.7 Å². The molecule has 0 radical (unpaired) electrons. The zero-order valence-corrected chi connectivity index (χ0v) is 21.1. The van der Waals surface area contributed by atoms with Crippen molar-refractivity contribution in [2.75, 3.05) is 0 Å². The number of nitrogens with zero attached hydrogens (tertiary/aromatic N) is 1. The van der Waals surface area contributed by atoms with E-state index < -0.39 is 0 Å². The predicted molar refractivity (Wildman–Crippen MR) is 146 cm³/mol. The van der Waals surface area contributed by atoms with E-state index in [0.717, 1.165) is 31.4 Å². The molecular weight excluding hydrogens is 464 g/mol. The van der Waals surface area contributed by atoms with Gasteiger partial charge in [0.05, 0.1) is 5.69 Å². The zero-order valence-electron chi connectivity index (χ0n) is 21.1. The molecule has 0 spiro atoms. The van der Waals surface area contributed by atoms with E-state index in [9.17, 15) is 8.78 Å². The number of nitrogens with one attached hydrogen (secondary N) is 2. The Hall–Kier alpha value is -3.44. The van der Waals surface area contributed by atoms with Crippen LogP contribution in [0.15, 0.2) is 95.5 Å². The average molecular weight is 498 g/mol. The molecular formula is C32H33F2N3. The summed E-state index contributed by atoms with van der Waals surface area (Å²) in [5, 5.41) is 11.8. The van der Waals surface area contributed by atoms with Gasteiger partial charge in [-0.25, -0.2) is 8.78 Å². The molecule has 2 N–H and O–H groups in total. The monoisotopic (exact) mass is 497 g/mol. The van der Waals surface area contributed by atoms with Crippen molar-refractivity contribution in [3.05, 3.63) is 113 Å². The Balaban J connectivity index is 1.39. The van der Waals surface area contributed by atoms with E-state index in [0.29, 0.717) is 23.7 Å². The number of hydrogen-bond donors (Lipinski definition) is 2. The molecule has 0 aromatic heterocycles. The van der Waals surface area contributed by atoms with Crippen molar-refractivity contribution < 1.29 is 8.78 Å². The predicted octanol–water partition coefficient (Wildman–Crippen LogP) is 7.97. The van der Waals surface area contributed by atoms with Crippen LogP contribution >= 0.6 is 0 Å². The highest BCUT2D eigenvalue weighted by molar-refractivity contribution is 6.07. The summed E-state index contributed by atoms with van der Waals surface area (Å²) in [5.41, 5.74) is 4.82. The van der Waals surface area contributed by atoms with E-state index in [1.54, 1.807) is 18.2 Å². The third kappa shape index (κ3) is 5.47. The van der Waals surface area contributed by atoms with Crippen molar-refractivity contribution in [1.29, 1.82) is 5.41 Å². The minimum atomic E-state index is -0.280. The maximum atomic E-state index is 14.3. The lowest BCUT2D eigenvalue weighted by atomic mass is 9.65. The van der Waals surface area contributed by atoms with Crippen LogP contribution < -0.4 is 5.32 Å². The molecule has 2 aliphatic rings. The number of fused-ring (bicyclic) bond motifs is 1. The van der Waals surface area contributed by atoms with Crippen molar-refractivity contribution in [3.63, 3.8) is 0 Å². The summed E-state index contributed by atoms with van der Waals surface area (Å²) < 4.78 is 27.7. The first-order valence-electron chi connectivity index (χ1n) is 13.0. The van der Waals surface area contributed by atoms with E-state index in [1.807, 2.05) is 18.2 Å². The molecule has 0 heterocycles. The maximum Gasteiger partial charge on any atom is 0.127 e. The van der Waals surface area contributed by atoms with Crippen LogP contribution in [0.2, 0.25) is 0 Å². The van der Waals surface area contributed by atoms with E-state index in [1.165, 1.54) is 35.6 Å². The second-order valence-corrected chi connectivity index (χ2v) is 10.5. The highest BCUT2D eigenvalue weighted by Gasteiger charge is 2.47. The lowest BCUT2D eigenvalue weighted by Crippen LogP contribution is -2.36. The highest BCUT2D eigenvalue weighted by atomic mass is 19.1. The molecule has 0 saturated heterocycles. The molecule has 5 rings (SSSR count). The Morgan fingerprint density at radius 1 is 1.03 bits per heavy atom. The van der Waals surface area contributed by atoms with Crippen molar-refractivity contribution in [3.8, 4) is 0 Å². The quantitative estimate of drug-likeness (QED) is 0.305.